The van der Waals surface area contributed by atoms with Gasteiger partial charge in [-0.05, 0) is 12.1 Å². The Morgan fingerprint density at radius 1 is 0.900 bits per heavy atom. The second-order valence-corrected chi connectivity index (χ2v) is 3.95. The highest BCUT2D eigenvalue weighted by Gasteiger charge is 2.04. The van der Waals surface area contributed by atoms with E-state index in [1.807, 2.05) is 6.07 Å². The summed E-state index contributed by atoms with van der Waals surface area (Å²) in [6.07, 6.45) is -0.127. The Bertz CT molecular complexity index is 462. The first-order valence-electron chi connectivity index (χ1n) is 6.16. The standard InChI is InChI=1S/C13H17N3O4/c17-11(18)6-7-15-13(20)16-9-8-14-12(19)10-4-2-1-3-5-10/h1-5H,6-9H2,(H,14,19)(H,17,18)(H2,15,16,20). The lowest BCUT2D eigenvalue weighted by Gasteiger charge is -2.08. The SMILES string of the molecule is O=C(O)CCNC(=O)NCCNC(=O)c1ccccc1. The molecule has 1 rings (SSSR count). The molecular formula is C13H17N3O4. The van der Waals surface area contributed by atoms with Crippen molar-refractivity contribution in [2.75, 3.05) is 19.6 Å². The molecule has 1 aromatic carbocycles. The number of hydrogen-bond donors (Lipinski definition) is 4. The van der Waals surface area contributed by atoms with Crippen molar-refractivity contribution in [2.45, 2.75) is 6.42 Å². The van der Waals surface area contributed by atoms with Gasteiger partial charge in [0, 0.05) is 25.2 Å². The third-order valence-corrected chi connectivity index (χ3v) is 2.36. The normalized spacial score (nSPS) is 9.60. The molecule has 4 N–H and O–H groups in total. The molecule has 0 bridgehead atoms. The summed E-state index contributed by atoms with van der Waals surface area (Å²) in [6.45, 7) is 0.620. The van der Waals surface area contributed by atoms with Crippen molar-refractivity contribution < 1.29 is 19.5 Å². The van der Waals surface area contributed by atoms with Gasteiger partial charge in [0.15, 0.2) is 0 Å². The number of carboxylic acids is 1. The average Bonchev–Trinajstić information content (AvgIpc) is 2.44. The maximum absolute atomic E-state index is 11.6. The van der Waals surface area contributed by atoms with Crippen LogP contribution >= 0.6 is 0 Å². The Morgan fingerprint density at radius 3 is 2.15 bits per heavy atom. The van der Waals surface area contributed by atoms with Gasteiger partial charge < -0.3 is 21.1 Å². The Labute approximate surface area is 116 Å². The van der Waals surface area contributed by atoms with Gasteiger partial charge in [0.2, 0.25) is 0 Å². The summed E-state index contributed by atoms with van der Waals surface area (Å²) in [5.74, 6) is -1.18. The lowest BCUT2D eigenvalue weighted by atomic mass is 10.2. The number of aliphatic carboxylic acids is 1. The van der Waals surface area contributed by atoms with Crippen molar-refractivity contribution >= 4 is 17.9 Å². The zero-order valence-corrected chi connectivity index (χ0v) is 10.9. The summed E-state index contributed by atoms with van der Waals surface area (Å²) in [7, 11) is 0. The number of carboxylic acid groups (broad SMARTS) is 1. The van der Waals surface area contributed by atoms with Gasteiger partial charge in [0.05, 0.1) is 6.42 Å². The maximum Gasteiger partial charge on any atom is 0.314 e. The van der Waals surface area contributed by atoms with Gasteiger partial charge in [-0.3, -0.25) is 9.59 Å². The number of urea groups is 1. The highest BCUT2D eigenvalue weighted by molar-refractivity contribution is 5.94. The number of hydrogen-bond acceptors (Lipinski definition) is 3. The largest absolute Gasteiger partial charge is 0.481 e. The van der Waals surface area contributed by atoms with Crippen LogP contribution in [-0.4, -0.2) is 42.6 Å². The molecule has 7 heteroatoms. The Hall–Kier alpha value is -2.57. The number of carbonyl (C=O) groups excluding carboxylic acids is 2. The van der Waals surface area contributed by atoms with E-state index in [2.05, 4.69) is 16.0 Å². The summed E-state index contributed by atoms with van der Waals surface area (Å²) in [4.78, 5) is 33.1. The van der Waals surface area contributed by atoms with Crippen LogP contribution in [0.2, 0.25) is 0 Å². The predicted octanol–water partition coefficient (Wildman–Crippen LogP) is 0.190. The van der Waals surface area contributed by atoms with Crippen LogP contribution in [0.3, 0.4) is 0 Å². The lowest BCUT2D eigenvalue weighted by molar-refractivity contribution is -0.136. The summed E-state index contributed by atoms with van der Waals surface area (Å²) < 4.78 is 0. The molecule has 0 unspecified atom stereocenters. The minimum atomic E-state index is -0.972. The molecule has 0 radical (unpaired) electrons. The molecule has 0 aliphatic carbocycles. The first-order valence-corrected chi connectivity index (χ1v) is 6.16. The molecule has 0 aliphatic heterocycles. The fourth-order valence-electron chi connectivity index (χ4n) is 1.39. The van der Waals surface area contributed by atoms with E-state index in [9.17, 15) is 14.4 Å². The van der Waals surface area contributed by atoms with E-state index in [0.29, 0.717) is 12.1 Å². The minimum Gasteiger partial charge on any atom is -0.481 e. The molecule has 0 atom stereocenters. The van der Waals surface area contributed by atoms with Gasteiger partial charge in [-0.25, -0.2) is 4.79 Å². The molecule has 0 saturated carbocycles. The fraction of sp³-hybridized carbons (Fsp3) is 0.308. The molecule has 0 fully saturated rings. The third-order valence-electron chi connectivity index (χ3n) is 2.36. The van der Waals surface area contributed by atoms with Crippen molar-refractivity contribution in [1.82, 2.24) is 16.0 Å². The number of carbonyl (C=O) groups is 3. The highest BCUT2D eigenvalue weighted by Crippen LogP contribution is 1.96. The molecule has 3 amide bonds. The lowest BCUT2D eigenvalue weighted by Crippen LogP contribution is -2.40. The van der Waals surface area contributed by atoms with Crippen LogP contribution in [0.15, 0.2) is 30.3 Å². The predicted molar refractivity (Wildman–Crippen MR) is 72.4 cm³/mol. The van der Waals surface area contributed by atoms with Crippen LogP contribution in [0.25, 0.3) is 0 Å². The topological polar surface area (TPSA) is 108 Å². The quantitative estimate of drug-likeness (QED) is 0.534. The highest BCUT2D eigenvalue weighted by atomic mass is 16.4. The van der Waals surface area contributed by atoms with Crippen molar-refractivity contribution in [1.29, 1.82) is 0 Å². The van der Waals surface area contributed by atoms with Crippen molar-refractivity contribution in [3.05, 3.63) is 35.9 Å². The summed E-state index contributed by atoms with van der Waals surface area (Å²) >= 11 is 0. The molecule has 0 spiro atoms. The monoisotopic (exact) mass is 279 g/mol. The van der Waals surface area contributed by atoms with Crippen molar-refractivity contribution in [2.24, 2.45) is 0 Å². The average molecular weight is 279 g/mol. The van der Waals surface area contributed by atoms with Crippen molar-refractivity contribution in [3.8, 4) is 0 Å². The van der Waals surface area contributed by atoms with Gasteiger partial charge in [-0.2, -0.15) is 0 Å². The van der Waals surface area contributed by atoms with E-state index >= 15 is 0 Å². The van der Waals surface area contributed by atoms with E-state index in [0.717, 1.165) is 0 Å². The molecule has 0 aliphatic rings. The van der Waals surface area contributed by atoms with E-state index in [-0.39, 0.29) is 25.4 Å². The molecule has 0 heterocycles. The van der Waals surface area contributed by atoms with E-state index < -0.39 is 12.0 Å². The first-order chi connectivity index (χ1) is 9.59. The Balaban J connectivity index is 2.11. The van der Waals surface area contributed by atoms with Crippen LogP contribution in [0.1, 0.15) is 16.8 Å². The summed E-state index contributed by atoms with van der Waals surface area (Å²) in [6, 6.07) is 8.29. The molecule has 0 saturated heterocycles. The van der Waals surface area contributed by atoms with Crippen LogP contribution in [0.5, 0.6) is 0 Å². The molecule has 7 nitrogen and oxygen atoms in total. The summed E-state index contributed by atoms with van der Waals surface area (Å²) in [5.41, 5.74) is 0.554. The van der Waals surface area contributed by atoms with E-state index in [1.165, 1.54) is 0 Å². The van der Waals surface area contributed by atoms with Gasteiger partial charge in [0.25, 0.3) is 5.91 Å². The minimum absolute atomic E-state index is 0.0670. The molecular weight excluding hydrogens is 262 g/mol. The second kappa shape index (κ2) is 8.52. The third kappa shape index (κ3) is 6.39. The van der Waals surface area contributed by atoms with Gasteiger partial charge in [0.1, 0.15) is 0 Å². The van der Waals surface area contributed by atoms with Gasteiger partial charge in [-0.15, -0.1) is 0 Å². The van der Waals surface area contributed by atoms with Crippen LogP contribution in [0.4, 0.5) is 4.79 Å². The number of nitrogens with one attached hydrogen (secondary N) is 3. The summed E-state index contributed by atoms with van der Waals surface area (Å²) in [5, 5.41) is 15.9. The van der Waals surface area contributed by atoms with Crippen molar-refractivity contribution in [3.63, 3.8) is 0 Å². The fourth-order valence-corrected chi connectivity index (χ4v) is 1.39. The number of benzene rings is 1. The van der Waals surface area contributed by atoms with E-state index in [1.54, 1.807) is 24.3 Å². The Kier molecular flexibility index (Phi) is 6.60. The second-order valence-electron chi connectivity index (χ2n) is 3.95. The molecule has 1 aromatic rings. The molecule has 0 aromatic heterocycles. The Morgan fingerprint density at radius 2 is 1.50 bits per heavy atom. The van der Waals surface area contributed by atoms with Crippen LogP contribution in [0, 0.1) is 0 Å². The first kappa shape index (κ1) is 15.5. The smallest absolute Gasteiger partial charge is 0.314 e. The number of amides is 3. The molecule has 20 heavy (non-hydrogen) atoms. The van der Waals surface area contributed by atoms with Crippen LogP contribution in [-0.2, 0) is 4.79 Å². The van der Waals surface area contributed by atoms with Gasteiger partial charge in [-0.1, -0.05) is 18.2 Å². The van der Waals surface area contributed by atoms with Crippen LogP contribution < -0.4 is 16.0 Å². The number of rotatable bonds is 7. The molecule has 108 valence electrons. The zero-order chi connectivity index (χ0) is 14.8. The maximum atomic E-state index is 11.6. The zero-order valence-electron chi connectivity index (χ0n) is 10.9. The van der Waals surface area contributed by atoms with Gasteiger partial charge >= 0.3 is 12.0 Å². The van der Waals surface area contributed by atoms with E-state index in [4.69, 9.17) is 5.11 Å².